The summed E-state index contributed by atoms with van der Waals surface area (Å²) in [5, 5.41) is 0. The number of hydrogen-bond donors (Lipinski definition) is 0. The van der Waals surface area contributed by atoms with Crippen LogP contribution in [0.4, 0.5) is 4.79 Å². The minimum absolute atomic E-state index is 0.225. The van der Waals surface area contributed by atoms with Gasteiger partial charge >= 0.3 is 6.16 Å². The second-order valence-corrected chi connectivity index (χ2v) is 14.0. The van der Waals surface area contributed by atoms with E-state index in [0.717, 1.165) is 51.7 Å². The van der Waals surface area contributed by atoms with Gasteiger partial charge in [-0.2, -0.15) is 0 Å². The van der Waals surface area contributed by atoms with Crippen LogP contribution in [0.5, 0.6) is 0 Å². The Morgan fingerprint density at radius 3 is 1.47 bits per heavy atom. The third kappa shape index (κ3) is 40.5. The van der Waals surface area contributed by atoms with Gasteiger partial charge in [-0.25, -0.2) is 4.79 Å². The monoisotopic (exact) mass is 688 g/mol. The van der Waals surface area contributed by atoms with E-state index in [4.69, 9.17) is 14.2 Å². The zero-order chi connectivity index (χ0) is 35.7. The van der Waals surface area contributed by atoms with Crippen LogP contribution in [0.2, 0.25) is 0 Å². The van der Waals surface area contributed by atoms with Gasteiger partial charge in [0.05, 0.1) is 13.2 Å². The molecular weight excluding hydrogens is 606 g/mol. The van der Waals surface area contributed by atoms with Crippen molar-refractivity contribution in [1.29, 1.82) is 0 Å². The van der Waals surface area contributed by atoms with Crippen molar-refractivity contribution in [1.82, 2.24) is 4.90 Å². The van der Waals surface area contributed by atoms with Crippen molar-refractivity contribution in [3.63, 3.8) is 0 Å². The van der Waals surface area contributed by atoms with Gasteiger partial charge in [0, 0.05) is 13.2 Å². The molecule has 0 aliphatic carbocycles. The molecule has 0 radical (unpaired) electrons. The smallest absolute Gasteiger partial charge is 0.434 e. The number of carbonyl (C=O) groups is 1. The molecule has 0 aromatic carbocycles. The molecule has 0 saturated heterocycles. The molecule has 49 heavy (non-hydrogen) atoms. The van der Waals surface area contributed by atoms with Crippen LogP contribution in [0.1, 0.15) is 181 Å². The number of nitrogens with zero attached hydrogens (tertiary/aromatic N) is 1. The highest BCUT2D eigenvalue weighted by Gasteiger charge is 2.16. The Balaban J connectivity index is 4.02. The molecular formula is C44H81NO4. The maximum Gasteiger partial charge on any atom is 0.508 e. The Bertz CT molecular complexity index is 788. The number of hydrogen-bond acceptors (Lipinski definition) is 5. The molecule has 0 heterocycles. The van der Waals surface area contributed by atoms with Crippen LogP contribution in [-0.2, 0) is 14.2 Å². The lowest BCUT2D eigenvalue weighted by molar-refractivity contribution is -0.0211. The molecule has 0 amide bonds. The summed E-state index contributed by atoms with van der Waals surface area (Å²) in [5.74, 6) is 0. The van der Waals surface area contributed by atoms with Gasteiger partial charge in [-0.3, -0.25) is 0 Å². The summed E-state index contributed by atoms with van der Waals surface area (Å²) < 4.78 is 17.0. The summed E-state index contributed by atoms with van der Waals surface area (Å²) >= 11 is 0. The summed E-state index contributed by atoms with van der Waals surface area (Å²) in [6.45, 7) is 6.99. The van der Waals surface area contributed by atoms with E-state index < -0.39 is 6.16 Å². The fourth-order valence-corrected chi connectivity index (χ4v) is 5.65. The molecule has 0 aliphatic rings. The molecule has 0 spiro atoms. The van der Waals surface area contributed by atoms with E-state index in [0.29, 0.717) is 13.2 Å². The second-order valence-electron chi connectivity index (χ2n) is 14.0. The summed E-state index contributed by atoms with van der Waals surface area (Å²) in [5.41, 5.74) is 0. The molecule has 1 unspecified atom stereocenters. The van der Waals surface area contributed by atoms with Gasteiger partial charge in [0.1, 0.15) is 6.10 Å². The zero-order valence-corrected chi connectivity index (χ0v) is 33.0. The lowest BCUT2D eigenvalue weighted by atomic mass is 10.1. The van der Waals surface area contributed by atoms with Crippen LogP contribution in [0.3, 0.4) is 0 Å². The van der Waals surface area contributed by atoms with Crippen LogP contribution in [-0.4, -0.2) is 57.6 Å². The minimum atomic E-state index is -0.555. The molecule has 5 nitrogen and oxygen atoms in total. The largest absolute Gasteiger partial charge is 0.508 e. The van der Waals surface area contributed by atoms with Crippen molar-refractivity contribution in [3.05, 3.63) is 48.6 Å². The van der Waals surface area contributed by atoms with Crippen LogP contribution in [0, 0.1) is 0 Å². The molecule has 0 bridgehead atoms. The van der Waals surface area contributed by atoms with E-state index in [1.807, 2.05) is 14.1 Å². The predicted octanol–water partition coefficient (Wildman–Crippen LogP) is 13.5. The van der Waals surface area contributed by atoms with Crippen LogP contribution in [0.15, 0.2) is 48.6 Å². The maximum atomic E-state index is 12.3. The van der Waals surface area contributed by atoms with Crippen molar-refractivity contribution >= 4 is 6.16 Å². The van der Waals surface area contributed by atoms with Crippen LogP contribution in [0.25, 0.3) is 0 Å². The van der Waals surface area contributed by atoms with Crippen LogP contribution < -0.4 is 0 Å². The molecule has 0 N–H and O–H groups in total. The van der Waals surface area contributed by atoms with Crippen molar-refractivity contribution in [3.8, 4) is 0 Å². The van der Waals surface area contributed by atoms with Gasteiger partial charge in [0.2, 0.25) is 0 Å². The fourth-order valence-electron chi connectivity index (χ4n) is 5.65. The second kappa shape index (κ2) is 40.6. The number of rotatable bonds is 37. The topological polar surface area (TPSA) is 48.0 Å². The minimum Gasteiger partial charge on any atom is -0.434 e. The van der Waals surface area contributed by atoms with Crippen LogP contribution >= 0.6 is 0 Å². The zero-order valence-electron chi connectivity index (χ0n) is 33.0. The average molecular weight is 688 g/mol. The first kappa shape index (κ1) is 47.1. The number of carbonyl (C=O) groups excluding carboxylic acids is 1. The highest BCUT2D eigenvalue weighted by molar-refractivity contribution is 5.60. The summed E-state index contributed by atoms with van der Waals surface area (Å²) in [6, 6.07) is 0. The summed E-state index contributed by atoms with van der Waals surface area (Å²) in [4.78, 5) is 14.4. The Kier molecular flexibility index (Phi) is 39.0. The first-order valence-electron chi connectivity index (χ1n) is 20.8. The molecule has 0 rings (SSSR count). The molecule has 0 aromatic rings. The number of unbranched alkanes of at least 4 members (excludes halogenated alkanes) is 18. The predicted molar refractivity (Wildman–Crippen MR) is 214 cm³/mol. The number of ether oxygens (including phenoxy) is 3. The molecule has 0 aromatic heterocycles. The molecule has 286 valence electrons. The fraction of sp³-hybridized carbons (Fsp3) is 0.795. The van der Waals surface area contributed by atoms with E-state index in [1.165, 1.54) is 128 Å². The van der Waals surface area contributed by atoms with Crippen molar-refractivity contribution in [2.75, 3.05) is 40.5 Å². The van der Waals surface area contributed by atoms with Gasteiger partial charge in [-0.05, 0) is 104 Å². The SMILES string of the molecule is CCCCC/C=C\C/C=C\CCCCCCCCOCC(CCCCCCCC/C=C\C/C=C\CCCCC)OC(=O)OCCCN(C)C. The molecule has 1 atom stereocenters. The van der Waals surface area contributed by atoms with Gasteiger partial charge in [0.15, 0.2) is 0 Å². The summed E-state index contributed by atoms with van der Waals surface area (Å²) in [7, 11) is 4.04. The highest BCUT2D eigenvalue weighted by Crippen LogP contribution is 2.14. The highest BCUT2D eigenvalue weighted by atomic mass is 16.7. The molecule has 0 aliphatic heterocycles. The average Bonchev–Trinajstić information content (AvgIpc) is 3.09. The molecule has 5 heteroatoms. The first-order chi connectivity index (χ1) is 24.1. The maximum absolute atomic E-state index is 12.3. The summed E-state index contributed by atoms with van der Waals surface area (Å²) in [6.07, 6.45) is 49.0. The third-order valence-corrected chi connectivity index (χ3v) is 8.75. The third-order valence-electron chi connectivity index (χ3n) is 8.75. The van der Waals surface area contributed by atoms with Crippen molar-refractivity contribution in [2.45, 2.75) is 187 Å². The molecule has 0 saturated carbocycles. The van der Waals surface area contributed by atoms with Gasteiger partial charge < -0.3 is 19.1 Å². The Hall–Kier alpha value is -1.85. The standard InChI is InChI=1S/C44H81NO4/c1-5-7-9-11-13-15-17-19-21-23-25-27-29-31-33-35-38-43(49-44(46)48-41-37-39-45(3)4)42-47-40-36-34-32-30-28-26-24-22-20-18-16-14-12-10-8-6-2/h13-16,19-22,43H,5-12,17-18,23-42H2,1-4H3/b15-13-,16-14-,21-19-,22-20-. The normalized spacial score (nSPS) is 12.8. The van der Waals surface area contributed by atoms with E-state index in [-0.39, 0.29) is 6.10 Å². The lowest BCUT2D eigenvalue weighted by Crippen LogP contribution is -2.25. The Morgan fingerprint density at radius 2 is 0.980 bits per heavy atom. The quantitative estimate of drug-likeness (QED) is 0.0369. The first-order valence-corrected chi connectivity index (χ1v) is 20.8. The van der Waals surface area contributed by atoms with E-state index >= 15 is 0 Å². The van der Waals surface area contributed by atoms with Gasteiger partial charge in [0.25, 0.3) is 0 Å². The van der Waals surface area contributed by atoms with Crippen molar-refractivity contribution < 1.29 is 19.0 Å². The Morgan fingerprint density at radius 1 is 0.531 bits per heavy atom. The van der Waals surface area contributed by atoms with E-state index in [1.54, 1.807) is 0 Å². The Labute approximate surface area is 305 Å². The lowest BCUT2D eigenvalue weighted by Gasteiger charge is -2.18. The number of allylic oxidation sites excluding steroid dienone is 8. The van der Waals surface area contributed by atoms with E-state index in [2.05, 4.69) is 67.4 Å². The van der Waals surface area contributed by atoms with Crippen molar-refractivity contribution in [2.24, 2.45) is 0 Å². The molecule has 0 fully saturated rings. The van der Waals surface area contributed by atoms with Gasteiger partial charge in [-0.1, -0.05) is 140 Å². The van der Waals surface area contributed by atoms with E-state index in [9.17, 15) is 4.79 Å². The van der Waals surface area contributed by atoms with Gasteiger partial charge in [-0.15, -0.1) is 0 Å².